The van der Waals surface area contributed by atoms with Gasteiger partial charge in [0, 0.05) is 39.6 Å². The highest BCUT2D eigenvalue weighted by Crippen LogP contribution is 2.28. The van der Waals surface area contributed by atoms with Crippen LogP contribution in [0.15, 0.2) is 27.6 Å². The number of hydrogen-bond acceptors (Lipinski definition) is 6. The Labute approximate surface area is 139 Å². The molecule has 1 fully saturated rings. The van der Waals surface area contributed by atoms with Gasteiger partial charge >= 0.3 is 0 Å². The average molecular weight is 413 g/mol. The third-order valence-electron chi connectivity index (χ3n) is 2.79. The molecule has 0 bridgehead atoms. The summed E-state index contributed by atoms with van der Waals surface area (Å²) in [6.45, 7) is 0.281. The van der Waals surface area contributed by atoms with Crippen molar-refractivity contribution in [1.29, 1.82) is 0 Å². The molecule has 1 unspecified atom stereocenters. The van der Waals surface area contributed by atoms with Gasteiger partial charge in [0.15, 0.2) is 4.90 Å². The lowest BCUT2D eigenvalue weighted by atomic mass is 10.3. The number of sulfonamides is 1. The van der Waals surface area contributed by atoms with Crippen molar-refractivity contribution >= 4 is 55.2 Å². The Morgan fingerprint density at radius 1 is 1.43 bits per heavy atom. The number of hydrogen-bond donors (Lipinski definition) is 1. The van der Waals surface area contributed by atoms with Crippen molar-refractivity contribution in [3.05, 3.63) is 32.8 Å². The zero-order valence-electron chi connectivity index (χ0n) is 10.8. The number of benzene rings is 1. The number of nitro benzene ring substituents is 1. The van der Waals surface area contributed by atoms with E-state index >= 15 is 0 Å². The zero-order valence-corrected chi connectivity index (χ0v) is 14.9. The molecule has 1 atom stereocenters. The summed E-state index contributed by atoms with van der Waals surface area (Å²) in [4.78, 5) is 9.98. The number of nitrogens with one attached hydrogen (secondary N) is 1. The highest BCUT2D eigenvalue weighted by molar-refractivity contribution is 9.10. The largest absolute Gasteiger partial charge is 0.289 e. The minimum absolute atomic E-state index is 0.199. The van der Waals surface area contributed by atoms with Crippen LogP contribution < -0.4 is 4.72 Å². The fraction of sp³-hybridized carbons (Fsp3) is 0.455. The number of nitro groups is 1. The highest BCUT2D eigenvalue weighted by atomic mass is 79.9. The summed E-state index contributed by atoms with van der Waals surface area (Å²) < 4.78 is 27.6. The van der Waals surface area contributed by atoms with Crippen molar-refractivity contribution < 1.29 is 13.3 Å². The Bertz CT molecular complexity index is 632. The van der Waals surface area contributed by atoms with Crippen molar-refractivity contribution in [2.75, 3.05) is 23.8 Å². The lowest BCUT2D eigenvalue weighted by Gasteiger charge is -2.21. The molecule has 0 aliphatic carbocycles. The Morgan fingerprint density at radius 3 is 2.81 bits per heavy atom. The van der Waals surface area contributed by atoms with E-state index in [1.54, 1.807) is 23.5 Å². The second-order valence-electron chi connectivity index (χ2n) is 4.29. The van der Waals surface area contributed by atoms with E-state index in [9.17, 15) is 18.5 Å². The molecule has 1 aromatic rings. The lowest BCUT2D eigenvalue weighted by molar-refractivity contribution is -0.387. The van der Waals surface area contributed by atoms with Gasteiger partial charge in [0.2, 0.25) is 10.0 Å². The van der Waals surface area contributed by atoms with Gasteiger partial charge in [-0.25, -0.2) is 13.1 Å². The Kier molecular flexibility index (Phi) is 5.95. The van der Waals surface area contributed by atoms with Crippen LogP contribution in [0.2, 0.25) is 0 Å². The third-order valence-corrected chi connectivity index (χ3v) is 7.58. The maximum Gasteiger partial charge on any atom is 0.289 e. The van der Waals surface area contributed by atoms with Gasteiger partial charge in [-0.05, 0) is 12.1 Å². The van der Waals surface area contributed by atoms with Crippen LogP contribution in [0.5, 0.6) is 0 Å². The van der Waals surface area contributed by atoms with E-state index in [2.05, 4.69) is 20.7 Å². The molecule has 10 heteroatoms. The number of rotatable bonds is 5. The topological polar surface area (TPSA) is 89.3 Å². The van der Waals surface area contributed by atoms with Crippen molar-refractivity contribution in [2.24, 2.45) is 0 Å². The van der Waals surface area contributed by atoms with Gasteiger partial charge in [-0.1, -0.05) is 15.9 Å². The summed E-state index contributed by atoms with van der Waals surface area (Å²) in [6.07, 6.45) is 0. The molecule has 1 aliphatic heterocycles. The van der Waals surface area contributed by atoms with Crippen LogP contribution in [0.3, 0.4) is 0 Å². The van der Waals surface area contributed by atoms with Crippen LogP contribution in [-0.2, 0) is 10.0 Å². The van der Waals surface area contributed by atoms with E-state index in [-0.39, 0.29) is 16.7 Å². The second kappa shape index (κ2) is 7.32. The van der Waals surface area contributed by atoms with E-state index in [1.165, 1.54) is 18.2 Å². The van der Waals surface area contributed by atoms with Crippen molar-refractivity contribution in [3.8, 4) is 0 Å². The quantitative estimate of drug-likeness (QED) is 0.589. The van der Waals surface area contributed by atoms with Gasteiger partial charge < -0.3 is 0 Å². The molecule has 1 aromatic carbocycles. The van der Waals surface area contributed by atoms with Crippen molar-refractivity contribution in [3.63, 3.8) is 0 Å². The summed E-state index contributed by atoms with van der Waals surface area (Å²) in [5, 5.41) is 11.2. The minimum Gasteiger partial charge on any atom is -0.258 e. The maximum atomic E-state index is 12.3. The maximum absolute atomic E-state index is 12.3. The summed E-state index contributed by atoms with van der Waals surface area (Å²) in [5.41, 5.74) is -0.420. The first-order chi connectivity index (χ1) is 9.90. The molecular weight excluding hydrogens is 400 g/mol. The molecule has 1 aliphatic rings. The van der Waals surface area contributed by atoms with Gasteiger partial charge in [0.1, 0.15) is 0 Å². The minimum atomic E-state index is -3.90. The molecule has 0 radical (unpaired) electrons. The molecule has 6 nitrogen and oxygen atoms in total. The van der Waals surface area contributed by atoms with Gasteiger partial charge in [0.05, 0.1) is 4.92 Å². The third kappa shape index (κ3) is 4.59. The molecule has 2 rings (SSSR count). The van der Waals surface area contributed by atoms with E-state index in [4.69, 9.17) is 0 Å². The van der Waals surface area contributed by atoms with Crippen molar-refractivity contribution in [1.82, 2.24) is 4.72 Å². The molecule has 1 saturated heterocycles. The van der Waals surface area contributed by atoms with Crippen LogP contribution in [-0.4, -0.2) is 42.4 Å². The molecule has 0 aromatic heterocycles. The van der Waals surface area contributed by atoms with Crippen molar-refractivity contribution in [2.45, 2.75) is 10.1 Å². The van der Waals surface area contributed by atoms with Crippen LogP contribution >= 0.6 is 39.5 Å². The van der Waals surface area contributed by atoms with Gasteiger partial charge in [-0.15, -0.1) is 0 Å². The zero-order chi connectivity index (χ0) is 15.5. The number of halogens is 1. The normalized spacial score (nSPS) is 19.4. The first-order valence-corrected chi connectivity index (χ1v) is 10.5. The average Bonchev–Trinajstić information content (AvgIpc) is 2.46. The highest BCUT2D eigenvalue weighted by Gasteiger charge is 2.27. The van der Waals surface area contributed by atoms with Crippen LogP contribution in [0.4, 0.5) is 5.69 Å². The summed E-state index contributed by atoms with van der Waals surface area (Å²) in [6, 6.07) is 3.89. The Hall–Kier alpha value is -0.290. The Morgan fingerprint density at radius 2 is 2.19 bits per heavy atom. The molecule has 21 heavy (non-hydrogen) atoms. The predicted molar refractivity (Wildman–Crippen MR) is 89.6 cm³/mol. The van der Waals surface area contributed by atoms with Crippen LogP contribution in [0.1, 0.15) is 0 Å². The molecule has 0 amide bonds. The molecule has 0 spiro atoms. The van der Waals surface area contributed by atoms with Crippen LogP contribution in [0.25, 0.3) is 0 Å². The molecule has 116 valence electrons. The van der Waals surface area contributed by atoms with Crippen LogP contribution in [0, 0.1) is 10.1 Å². The monoisotopic (exact) mass is 412 g/mol. The number of nitrogens with zero attached hydrogens (tertiary/aromatic N) is 1. The first kappa shape index (κ1) is 17.1. The van der Waals surface area contributed by atoms with E-state index in [0.29, 0.717) is 4.47 Å². The predicted octanol–water partition coefficient (Wildman–Crippen LogP) is 2.48. The lowest BCUT2D eigenvalue weighted by Crippen LogP contribution is -2.33. The first-order valence-electron chi connectivity index (χ1n) is 6.03. The fourth-order valence-corrected chi connectivity index (χ4v) is 6.29. The SMILES string of the molecule is O=[N+]([O-])c1ccc(Br)cc1S(=O)(=O)NCC1CSCCS1. The van der Waals surface area contributed by atoms with E-state index < -0.39 is 20.6 Å². The van der Waals surface area contributed by atoms with Gasteiger partial charge in [0.25, 0.3) is 5.69 Å². The fourth-order valence-electron chi connectivity index (χ4n) is 1.79. The molecule has 1 heterocycles. The molecule has 1 N–H and O–H groups in total. The van der Waals surface area contributed by atoms with E-state index in [1.807, 2.05) is 0 Å². The second-order valence-corrected chi connectivity index (χ2v) is 9.50. The summed E-state index contributed by atoms with van der Waals surface area (Å²) in [7, 11) is -3.90. The standard InChI is InChI=1S/C11H13BrN2O4S3/c12-8-1-2-10(14(15)16)11(5-8)21(17,18)13-6-9-7-19-3-4-20-9/h1-2,5,9,13H,3-4,6-7H2. The smallest absolute Gasteiger partial charge is 0.258 e. The van der Waals surface area contributed by atoms with Gasteiger partial charge in [-0.3, -0.25) is 10.1 Å². The molecule has 0 saturated carbocycles. The Balaban J connectivity index is 2.18. The summed E-state index contributed by atoms with van der Waals surface area (Å²) in [5.74, 6) is 2.95. The summed E-state index contributed by atoms with van der Waals surface area (Å²) >= 11 is 6.65. The van der Waals surface area contributed by atoms with E-state index in [0.717, 1.165) is 17.3 Å². The van der Waals surface area contributed by atoms with Gasteiger partial charge in [-0.2, -0.15) is 23.5 Å². The number of thioether (sulfide) groups is 2. The molecular formula is C11H13BrN2O4S3.